The van der Waals surface area contributed by atoms with Gasteiger partial charge in [-0.2, -0.15) is 0 Å². The van der Waals surface area contributed by atoms with Crippen LogP contribution >= 0.6 is 0 Å². The molecule has 0 aliphatic carbocycles. The number of rotatable bonds is 1. The number of aromatic hydroxyl groups is 1. The number of anilines is 1. The Morgan fingerprint density at radius 3 is 2.89 bits per heavy atom. The largest absolute Gasteiger partial charge is 0.508 e. The van der Waals surface area contributed by atoms with Gasteiger partial charge < -0.3 is 15.0 Å². The zero-order valence-electron chi connectivity index (χ0n) is 9.84. The lowest BCUT2D eigenvalue weighted by atomic mass is 10.1. The lowest BCUT2D eigenvalue weighted by molar-refractivity contribution is -0.112. The highest BCUT2D eigenvalue weighted by Gasteiger charge is 2.29. The Kier molecular flexibility index (Phi) is 2.23. The SMILES string of the molecule is CN1C(=O)C(=Cc2ccc[nH]2)c2cc(O)ccc21. The molecular weight excluding hydrogens is 228 g/mol. The number of phenols is 1. The van der Waals surface area contributed by atoms with Crippen LogP contribution in [0.15, 0.2) is 36.5 Å². The fraction of sp³-hybridized carbons (Fsp3) is 0.0714. The Bertz CT molecular complexity index is 642. The van der Waals surface area contributed by atoms with E-state index in [2.05, 4.69) is 4.98 Å². The van der Waals surface area contributed by atoms with Crippen LogP contribution < -0.4 is 4.90 Å². The Morgan fingerprint density at radius 2 is 2.17 bits per heavy atom. The van der Waals surface area contributed by atoms with Gasteiger partial charge in [-0.15, -0.1) is 0 Å². The number of hydrogen-bond donors (Lipinski definition) is 2. The number of fused-ring (bicyclic) bond motifs is 1. The van der Waals surface area contributed by atoms with Crippen molar-refractivity contribution in [3.05, 3.63) is 47.8 Å². The van der Waals surface area contributed by atoms with E-state index in [4.69, 9.17) is 0 Å². The first kappa shape index (κ1) is 10.7. The highest BCUT2D eigenvalue weighted by atomic mass is 16.3. The second kappa shape index (κ2) is 3.77. The van der Waals surface area contributed by atoms with E-state index in [0.29, 0.717) is 5.57 Å². The molecule has 0 atom stereocenters. The van der Waals surface area contributed by atoms with E-state index in [1.165, 1.54) is 0 Å². The number of phenolic OH excluding ortho intramolecular Hbond substituents is 1. The first-order valence-corrected chi connectivity index (χ1v) is 5.63. The normalized spacial score (nSPS) is 16.4. The van der Waals surface area contributed by atoms with Crippen molar-refractivity contribution < 1.29 is 9.90 Å². The highest BCUT2D eigenvalue weighted by molar-refractivity contribution is 6.35. The van der Waals surface area contributed by atoms with Crippen LogP contribution in [0.25, 0.3) is 11.6 Å². The van der Waals surface area contributed by atoms with Gasteiger partial charge in [0.1, 0.15) is 5.75 Å². The molecule has 3 rings (SSSR count). The van der Waals surface area contributed by atoms with Crippen LogP contribution in [0.2, 0.25) is 0 Å². The molecule has 0 radical (unpaired) electrons. The van der Waals surface area contributed by atoms with E-state index in [9.17, 15) is 9.90 Å². The van der Waals surface area contributed by atoms with Crippen LogP contribution in [0.3, 0.4) is 0 Å². The number of hydrogen-bond acceptors (Lipinski definition) is 2. The van der Waals surface area contributed by atoms with Crippen molar-refractivity contribution in [1.29, 1.82) is 0 Å². The predicted molar refractivity (Wildman–Crippen MR) is 70.2 cm³/mol. The molecule has 0 saturated heterocycles. The molecule has 1 amide bonds. The molecule has 0 bridgehead atoms. The Morgan fingerprint density at radius 1 is 1.33 bits per heavy atom. The van der Waals surface area contributed by atoms with Gasteiger partial charge in [0.15, 0.2) is 0 Å². The summed E-state index contributed by atoms with van der Waals surface area (Å²) in [5, 5.41) is 9.55. The number of carbonyl (C=O) groups is 1. The molecule has 4 nitrogen and oxygen atoms in total. The van der Waals surface area contributed by atoms with Gasteiger partial charge in [-0.05, 0) is 36.4 Å². The number of nitrogens with one attached hydrogen (secondary N) is 1. The van der Waals surface area contributed by atoms with Crippen LogP contribution in [-0.4, -0.2) is 23.0 Å². The van der Waals surface area contributed by atoms with Crippen molar-refractivity contribution in [3.63, 3.8) is 0 Å². The lowest BCUT2D eigenvalue weighted by Gasteiger charge is -2.08. The standard InChI is InChI=1S/C14H12N2O2/c1-16-13-5-4-10(17)8-11(13)12(14(16)18)7-9-3-2-6-15-9/h2-8,15,17H,1H3. The molecule has 0 fully saturated rings. The molecule has 2 aromatic rings. The average molecular weight is 240 g/mol. The summed E-state index contributed by atoms with van der Waals surface area (Å²) in [6.07, 6.45) is 3.60. The van der Waals surface area contributed by atoms with Crippen molar-refractivity contribution in [1.82, 2.24) is 4.98 Å². The predicted octanol–water partition coefficient (Wildman–Crippen LogP) is 2.24. The maximum atomic E-state index is 12.2. The summed E-state index contributed by atoms with van der Waals surface area (Å²) >= 11 is 0. The van der Waals surface area contributed by atoms with Gasteiger partial charge in [-0.1, -0.05) is 0 Å². The fourth-order valence-corrected chi connectivity index (χ4v) is 2.17. The number of benzene rings is 1. The molecule has 2 N–H and O–H groups in total. The van der Waals surface area contributed by atoms with Crippen LogP contribution in [-0.2, 0) is 4.79 Å². The average Bonchev–Trinajstić information content (AvgIpc) is 2.93. The Balaban J connectivity index is 2.18. The molecule has 1 aliphatic rings. The second-order valence-corrected chi connectivity index (χ2v) is 4.25. The van der Waals surface area contributed by atoms with Crippen molar-refractivity contribution >= 4 is 23.2 Å². The number of likely N-dealkylation sites (N-methyl/N-ethyl adjacent to an activating group) is 1. The minimum absolute atomic E-state index is 0.0646. The molecule has 90 valence electrons. The molecule has 4 heteroatoms. The third-order valence-corrected chi connectivity index (χ3v) is 3.09. The number of carbonyl (C=O) groups excluding carboxylic acids is 1. The minimum Gasteiger partial charge on any atom is -0.508 e. The molecule has 0 saturated carbocycles. The van der Waals surface area contributed by atoms with E-state index in [1.807, 2.05) is 12.1 Å². The minimum atomic E-state index is -0.0646. The summed E-state index contributed by atoms with van der Waals surface area (Å²) in [7, 11) is 1.73. The quantitative estimate of drug-likeness (QED) is 0.751. The maximum absolute atomic E-state index is 12.2. The summed E-state index contributed by atoms with van der Waals surface area (Å²) in [5.41, 5.74) is 3.03. The van der Waals surface area contributed by atoms with Crippen LogP contribution in [0, 0.1) is 0 Å². The summed E-state index contributed by atoms with van der Waals surface area (Å²) in [4.78, 5) is 16.8. The lowest BCUT2D eigenvalue weighted by Crippen LogP contribution is -2.20. The second-order valence-electron chi connectivity index (χ2n) is 4.25. The fourth-order valence-electron chi connectivity index (χ4n) is 2.17. The van der Waals surface area contributed by atoms with E-state index < -0.39 is 0 Å². The summed E-state index contributed by atoms with van der Waals surface area (Å²) < 4.78 is 0. The van der Waals surface area contributed by atoms with E-state index in [0.717, 1.165) is 16.9 Å². The van der Waals surface area contributed by atoms with Gasteiger partial charge in [0, 0.05) is 24.5 Å². The summed E-state index contributed by atoms with van der Waals surface area (Å²) in [6, 6.07) is 8.71. The third kappa shape index (κ3) is 1.50. The van der Waals surface area contributed by atoms with Gasteiger partial charge >= 0.3 is 0 Å². The number of aromatic nitrogens is 1. The van der Waals surface area contributed by atoms with Crippen LogP contribution in [0.4, 0.5) is 5.69 Å². The molecule has 1 aromatic carbocycles. The summed E-state index contributed by atoms with van der Waals surface area (Å²) in [6.45, 7) is 0. The molecule has 2 heterocycles. The number of H-pyrrole nitrogens is 1. The third-order valence-electron chi connectivity index (χ3n) is 3.09. The Labute approximate surface area is 104 Å². The van der Waals surface area contributed by atoms with Gasteiger partial charge in [0.05, 0.1) is 11.3 Å². The zero-order valence-corrected chi connectivity index (χ0v) is 9.84. The van der Waals surface area contributed by atoms with Gasteiger partial charge in [-0.25, -0.2) is 0 Å². The highest BCUT2D eigenvalue weighted by Crippen LogP contribution is 2.38. The van der Waals surface area contributed by atoms with Crippen molar-refractivity contribution in [2.24, 2.45) is 0 Å². The molecule has 0 unspecified atom stereocenters. The molecule has 1 aromatic heterocycles. The molecule has 1 aliphatic heterocycles. The first-order chi connectivity index (χ1) is 8.66. The first-order valence-electron chi connectivity index (χ1n) is 5.63. The summed E-state index contributed by atoms with van der Waals surface area (Å²) in [5.74, 6) is 0.0967. The molecule has 0 spiro atoms. The molecule has 18 heavy (non-hydrogen) atoms. The van der Waals surface area contributed by atoms with E-state index in [-0.39, 0.29) is 11.7 Å². The smallest absolute Gasteiger partial charge is 0.258 e. The Hall–Kier alpha value is -2.49. The molecular formula is C14H12N2O2. The van der Waals surface area contributed by atoms with Crippen molar-refractivity contribution in [3.8, 4) is 5.75 Å². The number of nitrogens with zero attached hydrogens (tertiary/aromatic N) is 1. The topological polar surface area (TPSA) is 56.3 Å². The maximum Gasteiger partial charge on any atom is 0.258 e. The number of amides is 1. The van der Waals surface area contributed by atoms with Crippen LogP contribution in [0.1, 0.15) is 11.3 Å². The van der Waals surface area contributed by atoms with Gasteiger partial charge in [0.2, 0.25) is 0 Å². The van der Waals surface area contributed by atoms with Gasteiger partial charge in [0.25, 0.3) is 5.91 Å². The van der Waals surface area contributed by atoms with Crippen molar-refractivity contribution in [2.75, 3.05) is 11.9 Å². The van der Waals surface area contributed by atoms with E-state index >= 15 is 0 Å². The number of aromatic amines is 1. The van der Waals surface area contributed by atoms with Gasteiger partial charge in [-0.3, -0.25) is 4.79 Å². The monoisotopic (exact) mass is 240 g/mol. The van der Waals surface area contributed by atoms with Crippen molar-refractivity contribution in [2.45, 2.75) is 0 Å². The van der Waals surface area contributed by atoms with E-state index in [1.54, 1.807) is 42.4 Å². The zero-order chi connectivity index (χ0) is 12.7. The van der Waals surface area contributed by atoms with Crippen LogP contribution in [0.5, 0.6) is 5.75 Å².